The second-order valence-electron chi connectivity index (χ2n) is 8.39. The number of amides is 2. The fourth-order valence-corrected chi connectivity index (χ4v) is 4.85. The second kappa shape index (κ2) is 7.70. The number of pyridine rings is 1. The van der Waals surface area contributed by atoms with Crippen LogP contribution in [0.2, 0.25) is 0 Å². The molecule has 2 amide bonds. The minimum absolute atomic E-state index is 0.00293. The lowest BCUT2D eigenvalue weighted by Crippen LogP contribution is -2.60. The summed E-state index contributed by atoms with van der Waals surface area (Å²) in [5, 5.41) is 12.9. The van der Waals surface area contributed by atoms with E-state index >= 15 is 0 Å². The number of nitrogens with zero attached hydrogens (tertiary/aromatic N) is 2. The molecular formula is C22H21F2N3O5. The van der Waals surface area contributed by atoms with Crippen molar-refractivity contribution in [3.63, 3.8) is 0 Å². The summed E-state index contributed by atoms with van der Waals surface area (Å²) >= 11 is 0. The summed E-state index contributed by atoms with van der Waals surface area (Å²) in [6.45, 7) is -0.108. The van der Waals surface area contributed by atoms with Crippen LogP contribution in [0.15, 0.2) is 29.2 Å². The summed E-state index contributed by atoms with van der Waals surface area (Å²) in [5.41, 5.74) is -1.50. The van der Waals surface area contributed by atoms with Crippen LogP contribution >= 0.6 is 0 Å². The zero-order valence-corrected chi connectivity index (χ0v) is 17.0. The van der Waals surface area contributed by atoms with Gasteiger partial charge < -0.3 is 24.6 Å². The Kier molecular flexibility index (Phi) is 4.96. The highest BCUT2D eigenvalue weighted by Gasteiger charge is 2.46. The van der Waals surface area contributed by atoms with Gasteiger partial charge in [0.15, 0.2) is 17.7 Å². The predicted octanol–water partition coefficient (Wildman–Crippen LogP) is 1.89. The van der Waals surface area contributed by atoms with Gasteiger partial charge in [0.1, 0.15) is 17.2 Å². The van der Waals surface area contributed by atoms with Crippen LogP contribution in [0.3, 0.4) is 0 Å². The lowest BCUT2D eigenvalue weighted by Gasteiger charge is -2.50. The van der Waals surface area contributed by atoms with Crippen LogP contribution in [-0.2, 0) is 17.8 Å². The van der Waals surface area contributed by atoms with Gasteiger partial charge in [-0.25, -0.2) is 8.78 Å². The minimum atomic E-state index is -0.987. The van der Waals surface area contributed by atoms with Crippen LogP contribution < -0.4 is 10.7 Å². The van der Waals surface area contributed by atoms with Gasteiger partial charge in [-0.3, -0.25) is 14.4 Å². The second-order valence-corrected chi connectivity index (χ2v) is 8.39. The van der Waals surface area contributed by atoms with Crippen LogP contribution in [0, 0.1) is 11.6 Å². The summed E-state index contributed by atoms with van der Waals surface area (Å²) in [6.07, 6.45) is 4.18. The first-order valence-corrected chi connectivity index (χ1v) is 10.5. The number of fused-ring (bicyclic) bond motifs is 5. The molecule has 1 aliphatic carbocycles. The van der Waals surface area contributed by atoms with E-state index < -0.39 is 40.9 Å². The molecule has 0 radical (unpaired) electrons. The molecule has 168 valence electrons. The molecule has 0 spiro atoms. The van der Waals surface area contributed by atoms with Crippen molar-refractivity contribution in [3.05, 3.63) is 63.1 Å². The van der Waals surface area contributed by atoms with E-state index in [0.717, 1.165) is 31.7 Å². The molecule has 3 heterocycles. The lowest BCUT2D eigenvalue weighted by molar-refractivity contribution is -0.170. The third-order valence-electron chi connectivity index (χ3n) is 6.40. The Labute approximate surface area is 181 Å². The summed E-state index contributed by atoms with van der Waals surface area (Å²) in [6, 6.07) is 2.93. The SMILES string of the molecule is O=C(NCc1ccc(F)cc1F)c1cn2c(c(O)c1=O)C(=O)N1C(C2)O[C@@H]2CCC[C@@H]1C2. The van der Waals surface area contributed by atoms with Crippen molar-refractivity contribution < 1.29 is 28.2 Å². The topological polar surface area (TPSA) is 101 Å². The number of hydrogen-bond acceptors (Lipinski definition) is 5. The number of hydrogen-bond donors (Lipinski definition) is 2. The Morgan fingerprint density at radius 2 is 2.06 bits per heavy atom. The van der Waals surface area contributed by atoms with E-state index in [-0.39, 0.29) is 42.1 Å². The van der Waals surface area contributed by atoms with Crippen molar-refractivity contribution in [1.29, 1.82) is 0 Å². The predicted molar refractivity (Wildman–Crippen MR) is 107 cm³/mol. The maximum Gasteiger partial charge on any atom is 0.276 e. The number of halogens is 2. The van der Waals surface area contributed by atoms with E-state index in [1.807, 2.05) is 0 Å². The molecule has 1 saturated heterocycles. The van der Waals surface area contributed by atoms with Crippen LogP contribution in [0.1, 0.15) is 52.1 Å². The van der Waals surface area contributed by atoms with Gasteiger partial charge in [0, 0.05) is 30.4 Å². The zero-order chi connectivity index (χ0) is 22.6. The Morgan fingerprint density at radius 3 is 2.84 bits per heavy atom. The van der Waals surface area contributed by atoms with Crippen LogP contribution in [0.4, 0.5) is 8.78 Å². The summed E-state index contributed by atoms with van der Waals surface area (Å²) < 4.78 is 34.3. The average molecular weight is 445 g/mol. The largest absolute Gasteiger partial charge is 0.503 e. The van der Waals surface area contributed by atoms with E-state index in [2.05, 4.69) is 5.32 Å². The molecule has 1 saturated carbocycles. The first kappa shape index (κ1) is 20.6. The Bertz CT molecular complexity index is 1180. The maximum absolute atomic E-state index is 13.8. The molecule has 10 heteroatoms. The number of rotatable bonds is 3. The molecule has 8 nitrogen and oxygen atoms in total. The van der Waals surface area contributed by atoms with Gasteiger partial charge in [0.25, 0.3) is 11.8 Å². The van der Waals surface area contributed by atoms with Gasteiger partial charge in [0.2, 0.25) is 5.43 Å². The highest BCUT2D eigenvalue weighted by Crippen LogP contribution is 2.37. The molecule has 2 fully saturated rings. The molecule has 32 heavy (non-hydrogen) atoms. The Morgan fingerprint density at radius 1 is 1.25 bits per heavy atom. The number of ether oxygens (including phenoxy) is 1. The van der Waals surface area contributed by atoms with Gasteiger partial charge in [-0.15, -0.1) is 0 Å². The first-order valence-electron chi connectivity index (χ1n) is 10.5. The molecule has 2 bridgehead atoms. The standard InChI is InChI=1S/C22H21F2N3O5/c23-12-5-4-11(16(24)6-12)8-25-21(30)15-9-26-10-17-27(13-2-1-3-14(7-13)32-17)22(31)18(26)20(29)19(15)28/h4-6,9,13-14,17,29H,1-3,7-8,10H2,(H,25,30)/t13-,14-,17?/m1/s1. The van der Waals surface area contributed by atoms with Crippen LogP contribution in [0.5, 0.6) is 5.75 Å². The van der Waals surface area contributed by atoms with E-state index in [0.29, 0.717) is 6.07 Å². The third-order valence-corrected chi connectivity index (χ3v) is 6.40. The van der Waals surface area contributed by atoms with Crippen LogP contribution in [-0.4, -0.2) is 44.8 Å². The molecule has 2 N–H and O–H groups in total. The minimum Gasteiger partial charge on any atom is -0.503 e. The molecular weight excluding hydrogens is 424 g/mol. The quantitative estimate of drug-likeness (QED) is 0.752. The van der Waals surface area contributed by atoms with E-state index in [9.17, 15) is 28.3 Å². The number of carbonyl (C=O) groups is 2. The maximum atomic E-state index is 13.8. The number of nitrogens with one attached hydrogen (secondary N) is 1. The van der Waals surface area contributed by atoms with Crippen molar-refractivity contribution in [2.45, 2.75) is 57.1 Å². The van der Waals surface area contributed by atoms with Gasteiger partial charge >= 0.3 is 0 Å². The number of carbonyl (C=O) groups excluding carboxylic acids is 2. The highest BCUT2D eigenvalue weighted by atomic mass is 19.1. The smallest absolute Gasteiger partial charge is 0.276 e. The zero-order valence-electron chi connectivity index (χ0n) is 17.0. The van der Waals surface area contributed by atoms with Crippen molar-refractivity contribution in [3.8, 4) is 5.75 Å². The molecule has 2 aliphatic heterocycles. The van der Waals surface area contributed by atoms with E-state index in [4.69, 9.17) is 4.74 Å². The van der Waals surface area contributed by atoms with Crippen molar-refractivity contribution >= 4 is 11.8 Å². The molecule has 3 atom stereocenters. The first-order chi connectivity index (χ1) is 15.3. The van der Waals surface area contributed by atoms with Crippen molar-refractivity contribution in [1.82, 2.24) is 14.8 Å². The fraction of sp³-hybridized carbons (Fsp3) is 0.409. The molecule has 3 aliphatic rings. The average Bonchev–Trinajstić information content (AvgIpc) is 2.75. The summed E-state index contributed by atoms with van der Waals surface area (Å²) in [5.74, 6) is -3.72. The number of aromatic nitrogens is 1. The number of benzene rings is 1. The monoisotopic (exact) mass is 445 g/mol. The van der Waals surface area contributed by atoms with Gasteiger partial charge in [-0.2, -0.15) is 0 Å². The summed E-state index contributed by atoms with van der Waals surface area (Å²) in [4.78, 5) is 40.0. The summed E-state index contributed by atoms with van der Waals surface area (Å²) in [7, 11) is 0. The molecule has 1 aromatic heterocycles. The van der Waals surface area contributed by atoms with Crippen molar-refractivity contribution in [2.75, 3.05) is 0 Å². The van der Waals surface area contributed by atoms with E-state index in [1.165, 1.54) is 16.8 Å². The fourth-order valence-electron chi connectivity index (χ4n) is 4.85. The Hall–Kier alpha value is -3.27. The Balaban J connectivity index is 1.43. The third kappa shape index (κ3) is 3.35. The normalized spacial score (nSPS) is 24.0. The van der Waals surface area contributed by atoms with Crippen molar-refractivity contribution in [2.24, 2.45) is 0 Å². The van der Waals surface area contributed by atoms with E-state index in [1.54, 1.807) is 4.90 Å². The van der Waals surface area contributed by atoms with Crippen LogP contribution in [0.25, 0.3) is 0 Å². The van der Waals surface area contributed by atoms with Gasteiger partial charge in [-0.1, -0.05) is 6.07 Å². The molecule has 5 rings (SSSR count). The van der Waals surface area contributed by atoms with Gasteiger partial charge in [-0.05, 0) is 31.7 Å². The molecule has 1 unspecified atom stereocenters. The highest BCUT2D eigenvalue weighted by molar-refractivity contribution is 5.99. The molecule has 1 aromatic carbocycles. The van der Waals surface area contributed by atoms with Gasteiger partial charge in [0.05, 0.1) is 12.6 Å². The number of aromatic hydroxyl groups is 1. The molecule has 2 aromatic rings. The lowest BCUT2D eigenvalue weighted by atomic mass is 9.89.